The Kier molecular flexibility index (Phi) is 28.9. The Bertz CT molecular complexity index is 322. The van der Waals surface area contributed by atoms with E-state index in [1.807, 2.05) is 6.92 Å². The highest BCUT2D eigenvalue weighted by atomic mass is 16.4. The van der Waals surface area contributed by atoms with Crippen molar-refractivity contribution in [1.82, 2.24) is 5.32 Å². The predicted octanol–water partition coefficient (Wildman–Crippen LogP) is 9.29. The number of carbonyl (C=O) groups is 1. The summed E-state index contributed by atoms with van der Waals surface area (Å²) in [6.07, 6.45) is 26.4. The van der Waals surface area contributed by atoms with Crippen LogP contribution in [0.3, 0.4) is 0 Å². The van der Waals surface area contributed by atoms with Gasteiger partial charge in [-0.25, -0.2) is 0 Å². The largest absolute Gasteiger partial charge is 0.481 e. The molecule has 0 saturated heterocycles. The average Bonchev–Trinajstić information content (AvgIpc) is 2.76. The maximum Gasteiger partial charge on any atom is 0.303 e. The number of aliphatic carboxylic acids is 1. The fourth-order valence-electron chi connectivity index (χ4n) is 4.05. The van der Waals surface area contributed by atoms with Crippen LogP contribution in [0.1, 0.15) is 163 Å². The van der Waals surface area contributed by atoms with Gasteiger partial charge in [0.2, 0.25) is 0 Å². The Hall–Kier alpha value is -0.570. The molecule has 0 aliphatic carbocycles. The summed E-state index contributed by atoms with van der Waals surface area (Å²) in [5.74, 6) is -0.711. The van der Waals surface area contributed by atoms with Gasteiger partial charge in [-0.05, 0) is 32.1 Å². The van der Waals surface area contributed by atoms with E-state index in [4.69, 9.17) is 5.11 Å². The van der Waals surface area contributed by atoms with Gasteiger partial charge in [-0.15, -0.1) is 0 Å². The van der Waals surface area contributed by atoms with Gasteiger partial charge in [-0.1, -0.05) is 125 Å². The molecule has 3 heteroatoms. The summed E-state index contributed by atoms with van der Waals surface area (Å²) in [6.45, 7) is 11.2. The smallest absolute Gasteiger partial charge is 0.303 e. The summed E-state index contributed by atoms with van der Waals surface area (Å²) in [6, 6.07) is 1.51. The minimum atomic E-state index is -0.711. The van der Waals surface area contributed by atoms with Gasteiger partial charge in [0.1, 0.15) is 0 Å². The molecule has 0 fully saturated rings. The lowest BCUT2D eigenvalue weighted by molar-refractivity contribution is -0.137. The van der Waals surface area contributed by atoms with E-state index in [1.54, 1.807) is 0 Å². The van der Waals surface area contributed by atoms with Crippen molar-refractivity contribution in [2.24, 2.45) is 0 Å². The molecule has 0 aromatic carbocycles. The molecule has 0 aromatic heterocycles. The van der Waals surface area contributed by atoms with Gasteiger partial charge in [-0.3, -0.25) is 4.79 Å². The van der Waals surface area contributed by atoms with Crippen LogP contribution in [0.15, 0.2) is 0 Å². The van der Waals surface area contributed by atoms with E-state index in [0.29, 0.717) is 6.42 Å². The molecule has 31 heavy (non-hydrogen) atoms. The highest BCUT2D eigenvalue weighted by Crippen LogP contribution is 2.15. The Labute approximate surface area is 196 Å². The summed E-state index contributed by atoms with van der Waals surface area (Å²) >= 11 is 0. The second-order valence-electron chi connectivity index (χ2n) is 9.34. The molecule has 0 bridgehead atoms. The minimum Gasteiger partial charge on any atom is -0.481 e. The molecule has 188 valence electrons. The average molecular weight is 442 g/mol. The van der Waals surface area contributed by atoms with Crippen LogP contribution < -0.4 is 5.32 Å². The van der Waals surface area contributed by atoms with Crippen molar-refractivity contribution in [2.45, 2.75) is 175 Å². The topological polar surface area (TPSA) is 49.3 Å². The van der Waals surface area contributed by atoms with Crippen LogP contribution in [0.4, 0.5) is 0 Å². The molecule has 0 aliphatic heterocycles. The van der Waals surface area contributed by atoms with Gasteiger partial charge in [0.05, 0.1) is 0 Å². The summed E-state index contributed by atoms with van der Waals surface area (Å²) in [4.78, 5) is 9.60. The Balaban J connectivity index is 0. The van der Waals surface area contributed by atoms with E-state index in [0.717, 1.165) is 18.5 Å². The second-order valence-corrected chi connectivity index (χ2v) is 9.34. The maximum atomic E-state index is 9.60. The minimum absolute atomic E-state index is 0.292. The van der Waals surface area contributed by atoms with Crippen LogP contribution in [-0.4, -0.2) is 23.2 Å². The van der Waals surface area contributed by atoms with Crippen LogP contribution in [0.5, 0.6) is 0 Å². The predicted molar refractivity (Wildman–Crippen MR) is 139 cm³/mol. The molecular weight excluding hydrogens is 382 g/mol. The molecule has 2 atom stereocenters. The zero-order chi connectivity index (χ0) is 23.6. The zero-order valence-corrected chi connectivity index (χ0v) is 22.2. The van der Waals surface area contributed by atoms with Gasteiger partial charge in [0.25, 0.3) is 0 Å². The lowest BCUT2D eigenvalue weighted by Gasteiger charge is -2.24. The highest BCUT2D eigenvalue weighted by molar-refractivity contribution is 5.66. The normalized spacial score (nSPS) is 12.8. The number of hydrogen-bond donors (Lipinski definition) is 2. The third-order valence-corrected chi connectivity index (χ3v) is 6.23. The van der Waals surface area contributed by atoms with E-state index in [9.17, 15) is 4.79 Å². The molecule has 0 amide bonds. The van der Waals surface area contributed by atoms with Crippen molar-refractivity contribution < 1.29 is 9.90 Å². The summed E-state index contributed by atoms with van der Waals surface area (Å²) in [5, 5.41) is 11.9. The monoisotopic (exact) mass is 441 g/mol. The Morgan fingerprint density at radius 2 is 0.935 bits per heavy atom. The third-order valence-electron chi connectivity index (χ3n) is 6.23. The molecule has 2 unspecified atom stereocenters. The van der Waals surface area contributed by atoms with Crippen molar-refractivity contribution in [1.29, 1.82) is 0 Å². The van der Waals surface area contributed by atoms with Crippen molar-refractivity contribution in [3.63, 3.8) is 0 Å². The zero-order valence-electron chi connectivity index (χ0n) is 22.2. The van der Waals surface area contributed by atoms with E-state index in [-0.39, 0.29) is 0 Å². The first-order chi connectivity index (χ1) is 15.0. The van der Waals surface area contributed by atoms with E-state index < -0.39 is 5.97 Å². The van der Waals surface area contributed by atoms with Crippen LogP contribution in [0, 0.1) is 0 Å². The van der Waals surface area contributed by atoms with Crippen LogP contribution in [0.2, 0.25) is 0 Å². The van der Waals surface area contributed by atoms with Crippen LogP contribution in [0.25, 0.3) is 0 Å². The molecule has 3 nitrogen and oxygen atoms in total. The molecule has 0 aliphatic rings. The molecule has 0 radical (unpaired) electrons. The summed E-state index contributed by atoms with van der Waals surface area (Å²) < 4.78 is 0. The fraction of sp³-hybridized carbons (Fsp3) is 0.964. The standard InChI is InChI=1S/C24H51N.C4H8O2/c1-5-9-11-13-15-17-19-21-23(7-3)25-24(8-4)22-20-18-16-14-12-10-6-2;1-2-3-4(5)6/h23-25H,5-22H2,1-4H3;2-3H2,1H3,(H,5,6). The Morgan fingerprint density at radius 1 is 0.581 bits per heavy atom. The van der Waals surface area contributed by atoms with Crippen molar-refractivity contribution >= 4 is 5.97 Å². The first-order valence-corrected chi connectivity index (χ1v) is 14.0. The number of rotatable bonds is 22. The molecule has 0 heterocycles. The molecule has 0 rings (SSSR count). The van der Waals surface area contributed by atoms with Crippen LogP contribution >= 0.6 is 0 Å². The van der Waals surface area contributed by atoms with Gasteiger partial charge >= 0.3 is 5.97 Å². The number of hydrogen-bond acceptors (Lipinski definition) is 2. The number of carboxylic acid groups (broad SMARTS) is 1. The fourth-order valence-corrected chi connectivity index (χ4v) is 4.05. The van der Waals surface area contributed by atoms with Crippen molar-refractivity contribution in [2.75, 3.05) is 0 Å². The SMILES string of the molecule is CCCC(=O)O.CCCCCCCCCC(CC)NC(CC)CCCCCCCCC. The Morgan fingerprint density at radius 3 is 1.19 bits per heavy atom. The van der Waals surface area contributed by atoms with E-state index in [2.05, 4.69) is 33.0 Å². The third kappa shape index (κ3) is 27.4. The first kappa shape index (κ1) is 32.6. The number of nitrogens with one attached hydrogen (secondary N) is 1. The number of carboxylic acids is 1. The van der Waals surface area contributed by atoms with Gasteiger partial charge in [0.15, 0.2) is 0 Å². The maximum absolute atomic E-state index is 9.60. The molecular formula is C28H59NO2. The first-order valence-electron chi connectivity index (χ1n) is 14.0. The highest BCUT2D eigenvalue weighted by Gasteiger charge is 2.12. The number of unbranched alkanes of at least 4 members (excludes halogenated alkanes) is 12. The summed E-state index contributed by atoms with van der Waals surface area (Å²) in [5.41, 5.74) is 0. The van der Waals surface area contributed by atoms with Gasteiger partial charge in [-0.2, -0.15) is 0 Å². The van der Waals surface area contributed by atoms with E-state index in [1.165, 1.54) is 116 Å². The quantitative estimate of drug-likeness (QED) is 0.164. The van der Waals surface area contributed by atoms with Gasteiger partial charge < -0.3 is 10.4 Å². The van der Waals surface area contributed by atoms with E-state index >= 15 is 0 Å². The van der Waals surface area contributed by atoms with Crippen molar-refractivity contribution in [3.8, 4) is 0 Å². The summed E-state index contributed by atoms with van der Waals surface area (Å²) in [7, 11) is 0. The van der Waals surface area contributed by atoms with Crippen molar-refractivity contribution in [3.05, 3.63) is 0 Å². The van der Waals surface area contributed by atoms with Gasteiger partial charge in [0, 0.05) is 18.5 Å². The molecule has 0 aromatic rings. The van der Waals surface area contributed by atoms with Crippen LogP contribution in [-0.2, 0) is 4.79 Å². The molecule has 2 N–H and O–H groups in total. The molecule has 0 spiro atoms. The lowest BCUT2D eigenvalue weighted by Crippen LogP contribution is -2.37. The molecule has 0 saturated carbocycles. The lowest BCUT2D eigenvalue weighted by atomic mass is 10.00. The second kappa shape index (κ2) is 27.5.